The maximum atomic E-state index is 13.6. The number of hydrogen-bond acceptors (Lipinski definition) is 6. The summed E-state index contributed by atoms with van der Waals surface area (Å²) in [6, 6.07) is 3.29. The number of ether oxygens (including phenoxy) is 1. The van der Waals surface area contributed by atoms with Crippen molar-refractivity contribution >= 4 is 21.4 Å². The van der Waals surface area contributed by atoms with Crippen LogP contribution in [-0.4, -0.2) is 35.1 Å². The maximum Gasteiger partial charge on any atom is 0.322 e. The van der Waals surface area contributed by atoms with E-state index in [9.17, 15) is 21.6 Å². The number of anilines is 1. The molecule has 8 nitrogen and oxygen atoms in total. The molecule has 12 heteroatoms. The lowest BCUT2D eigenvalue weighted by Crippen LogP contribution is -2.17. The van der Waals surface area contributed by atoms with Gasteiger partial charge >= 0.3 is 6.01 Å². The number of rotatable bonds is 4. The van der Waals surface area contributed by atoms with E-state index >= 15 is 0 Å². The van der Waals surface area contributed by atoms with Gasteiger partial charge in [-0.1, -0.05) is 6.07 Å². The smallest absolute Gasteiger partial charge is 0.322 e. The van der Waals surface area contributed by atoms with E-state index in [2.05, 4.69) is 15.1 Å². The van der Waals surface area contributed by atoms with Crippen LogP contribution >= 0.6 is 0 Å². The first kappa shape index (κ1) is 16.0. The van der Waals surface area contributed by atoms with Gasteiger partial charge in [-0.05, 0) is 12.1 Å². The van der Waals surface area contributed by atoms with Crippen molar-refractivity contribution in [2.75, 3.05) is 11.8 Å². The van der Waals surface area contributed by atoms with Crippen molar-refractivity contribution in [3.63, 3.8) is 0 Å². The van der Waals surface area contributed by atoms with E-state index in [0.717, 1.165) is 28.8 Å². The highest BCUT2D eigenvalue weighted by Gasteiger charge is 2.25. The Bertz CT molecular complexity index is 1020. The SMILES string of the molecule is COc1nc(F)cc2nc(S(=O)(=O)Nc3c(F)cccc3F)nn12. The summed E-state index contributed by atoms with van der Waals surface area (Å²) in [5, 5.41) is 2.77. The van der Waals surface area contributed by atoms with E-state index in [1.807, 2.05) is 0 Å². The summed E-state index contributed by atoms with van der Waals surface area (Å²) < 4.78 is 72.2. The van der Waals surface area contributed by atoms with Crippen LogP contribution in [0.15, 0.2) is 29.4 Å². The average Bonchev–Trinajstić information content (AvgIpc) is 2.95. The topological polar surface area (TPSA) is 98.5 Å². The molecule has 0 spiro atoms. The Morgan fingerprint density at radius 1 is 1.17 bits per heavy atom. The van der Waals surface area contributed by atoms with Crippen molar-refractivity contribution < 1.29 is 26.3 Å². The quantitative estimate of drug-likeness (QED) is 0.706. The first-order valence-corrected chi connectivity index (χ1v) is 7.74. The van der Waals surface area contributed by atoms with Crippen LogP contribution in [0, 0.1) is 17.6 Å². The fourth-order valence-corrected chi connectivity index (χ4v) is 2.80. The first-order chi connectivity index (χ1) is 11.3. The molecule has 24 heavy (non-hydrogen) atoms. The molecule has 0 amide bonds. The number of fused-ring (bicyclic) bond motifs is 1. The largest absolute Gasteiger partial charge is 0.467 e. The highest BCUT2D eigenvalue weighted by atomic mass is 32.2. The van der Waals surface area contributed by atoms with Crippen LogP contribution in [-0.2, 0) is 10.0 Å². The van der Waals surface area contributed by atoms with Gasteiger partial charge in [0.2, 0.25) is 5.95 Å². The monoisotopic (exact) mass is 359 g/mol. The van der Waals surface area contributed by atoms with E-state index in [-0.39, 0.29) is 11.7 Å². The van der Waals surface area contributed by atoms with E-state index in [4.69, 9.17) is 4.74 Å². The number of methoxy groups -OCH3 is 1. The molecule has 0 aliphatic heterocycles. The minimum absolute atomic E-state index is 0.214. The second kappa shape index (κ2) is 5.63. The van der Waals surface area contributed by atoms with E-state index in [1.165, 1.54) is 7.11 Å². The zero-order chi connectivity index (χ0) is 17.5. The van der Waals surface area contributed by atoms with Crippen molar-refractivity contribution in [2.24, 2.45) is 0 Å². The molecule has 0 fully saturated rings. The third-order valence-electron chi connectivity index (χ3n) is 2.87. The highest BCUT2D eigenvalue weighted by molar-refractivity contribution is 7.92. The molecule has 0 aliphatic rings. The first-order valence-electron chi connectivity index (χ1n) is 6.26. The lowest BCUT2D eigenvalue weighted by Gasteiger charge is -2.06. The van der Waals surface area contributed by atoms with Gasteiger partial charge in [-0.2, -0.15) is 27.3 Å². The van der Waals surface area contributed by atoms with Gasteiger partial charge in [-0.25, -0.2) is 8.78 Å². The molecule has 0 aliphatic carbocycles. The molecule has 0 saturated carbocycles. The summed E-state index contributed by atoms with van der Waals surface area (Å²) in [5.74, 6) is -3.20. The number of nitrogens with one attached hydrogen (secondary N) is 1. The van der Waals surface area contributed by atoms with Crippen LogP contribution in [0.2, 0.25) is 0 Å². The van der Waals surface area contributed by atoms with E-state index in [1.54, 1.807) is 4.72 Å². The molecule has 3 aromatic rings. The van der Waals surface area contributed by atoms with E-state index < -0.39 is 38.4 Å². The Balaban J connectivity index is 2.09. The summed E-state index contributed by atoms with van der Waals surface area (Å²) in [6.07, 6.45) is 0. The van der Waals surface area contributed by atoms with Crippen LogP contribution in [0.3, 0.4) is 0 Å². The molecule has 2 aromatic heterocycles. The second-order valence-corrected chi connectivity index (χ2v) is 6.01. The number of nitrogens with zero attached hydrogens (tertiary/aromatic N) is 4. The number of para-hydroxylation sites is 1. The van der Waals surface area contributed by atoms with Gasteiger partial charge in [0.25, 0.3) is 15.2 Å². The average molecular weight is 359 g/mol. The molecule has 0 atom stereocenters. The van der Waals surface area contributed by atoms with E-state index in [0.29, 0.717) is 0 Å². The van der Waals surface area contributed by atoms with Crippen LogP contribution in [0.25, 0.3) is 5.65 Å². The normalized spacial score (nSPS) is 11.7. The molecule has 0 unspecified atom stereocenters. The van der Waals surface area contributed by atoms with Gasteiger partial charge in [-0.3, -0.25) is 4.72 Å². The molecule has 126 valence electrons. The van der Waals surface area contributed by atoms with Crippen LogP contribution < -0.4 is 9.46 Å². The fraction of sp³-hybridized carbons (Fsp3) is 0.0833. The summed E-state index contributed by atoms with van der Waals surface area (Å²) in [4.78, 5) is 6.97. The molecule has 1 aromatic carbocycles. The molecule has 2 heterocycles. The molecular weight excluding hydrogens is 351 g/mol. The fourth-order valence-electron chi connectivity index (χ4n) is 1.84. The summed E-state index contributed by atoms with van der Waals surface area (Å²) >= 11 is 0. The second-order valence-electron chi connectivity index (χ2n) is 4.43. The Kier molecular flexibility index (Phi) is 3.75. The highest BCUT2D eigenvalue weighted by Crippen LogP contribution is 2.22. The minimum atomic E-state index is -4.54. The maximum absolute atomic E-state index is 13.6. The molecule has 0 saturated heterocycles. The van der Waals surface area contributed by atoms with Crippen molar-refractivity contribution in [3.05, 3.63) is 41.8 Å². The van der Waals surface area contributed by atoms with Crippen LogP contribution in [0.5, 0.6) is 6.01 Å². The Morgan fingerprint density at radius 2 is 1.83 bits per heavy atom. The number of hydrogen-bond donors (Lipinski definition) is 1. The van der Waals surface area contributed by atoms with Crippen molar-refractivity contribution in [1.82, 2.24) is 19.6 Å². The van der Waals surface area contributed by atoms with Gasteiger partial charge < -0.3 is 4.74 Å². The van der Waals surface area contributed by atoms with Gasteiger partial charge in [0.1, 0.15) is 17.3 Å². The summed E-state index contributed by atoms with van der Waals surface area (Å²) in [5.41, 5.74) is -1.10. The molecule has 0 radical (unpaired) electrons. The third-order valence-corrected chi connectivity index (χ3v) is 3.99. The predicted octanol–water partition coefficient (Wildman–Crippen LogP) is 1.35. The number of halogens is 3. The van der Waals surface area contributed by atoms with Gasteiger partial charge in [0, 0.05) is 6.07 Å². The molecule has 0 bridgehead atoms. The van der Waals surface area contributed by atoms with Crippen LogP contribution in [0.4, 0.5) is 18.9 Å². The van der Waals surface area contributed by atoms with Gasteiger partial charge in [0.05, 0.1) is 7.11 Å². The predicted molar refractivity (Wildman–Crippen MR) is 74.5 cm³/mol. The zero-order valence-corrected chi connectivity index (χ0v) is 12.7. The third kappa shape index (κ3) is 2.71. The number of benzene rings is 1. The van der Waals surface area contributed by atoms with Crippen molar-refractivity contribution in [2.45, 2.75) is 5.16 Å². The summed E-state index contributed by atoms with van der Waals surface area (Å²) in [7, 11) is -3.37. The molecule has 1 N–H and O–H groups in total. The lowest BCUT2D eigenvalue weighted by atomic mass is 10.3. The van der Waals surface area contributed by atoms with Gasteiger partial charge in [-0.15, -0.1) is 5.10 Å². The molecular formula is C12H8F3N5O3S. The number of aromatic nitrogens is 4. The molecule has 3 rings (SSSR count). The summed E-state index contributed by atoms with van der Waals surface area (Å²) in [6.45, 7) is 0. The van der Waals surface area contributed by atoms with Crippen molar-refractivity contribution in [1.29, 1.82) is 0 Å². The Labute approximate surface area is 133 Å². The minimum Gasteiger partial charge on any atom is -0.467 e. The van der Waals surface area contributed by atoms with Crippen molar-refractivity contribution in [3.8, 4) is 6.01 Å². The zero-order valence-electron chi connectivity index (χ0n) is 11.9. The Hall–Kier alpha value is -2.89. The standard InChI is InChI=1S/C12H8F3N5O3S/c1-23-12-16-8(15)5-9-17-11(18-20(9)12)24(21,22)19-10-6(13)3-2-4-7(10)14/h2-5,19H,1H3. The Morgan fingerprint density at radius 3 is 2.46 bits per heavy atom. The lowest BCUT2D eigenvalue weighted by molar-refractivity contribution is 0.356. The number of sulfonamides is 1. The van der Waals surface area contributed by atoms with Crippen LogP contribution in [0.1, 0.15) is 0 Å². The van der Waals surface area contributed by atoms with Gasteiger partial charge in [0.15, 0.2) is 5.65 Å².